The van der Waals surface area contributed by atoms with Gasteiger partial charge in [0.1, 0.15) is 5.03 Å². The van der Waals surface area contributed by atoms with Gasteiger partial charge >= 0.3 is 5.97 Å². The number of nitrogens with one attached hydrogen (secondary N) is 1. The fourth-order valence-corrected chi connectivity index (χ4v) is 4.49. The van der Waals surface area contributed by atoms with Crippen molar-refractivity contribution in [1.82, 2.24) is 9.97 Å². The predicted molar refractivity (Wildman–Crippen MR) is 110 cm³/mol. The van der Waals surface area contributed by atoms with E-state index in [2.05, 4.69) is 33.5 Å². The summed E-state index contributed by atoms with van der Waals surface area (Å²) in [6, 6.07) is 14.1. The van der Waals surface area contributed by atoms with E-state index in [1.165, 1.54) is 28.3 Å². The molecule has 1 unspecified atom stereocenters. The largest absolute Gasteiger partial charge is 0.478 e. The van der Waals surface area contributed by atoms with Crippen molar-refractivity contribution in [2.24, 2.45) is 0 Å². The van der Waals surface area contributed by atoms with Crippen LogP contribution in [0.5, 0.6) is 0 Å². The molecule has 0 spiro atoms. The monoisotopic (exact) mass is 391 g/mol. The second kappa shape index (κ2) is 8.44. The Morgan fingerprint density at radius 3 is 2.96 bits per heavy atom. The summed E-state index contributed by atoms with van der Waals surface area (Å²) in [6.45, 7) is 0.700. The number of carbonyl (C=O) groups is 1. The lowest BCUT2D eigenvalue weighted by atomic mass is 9.83. The molecule has 2 aromatic heterocycles. The van der Waals surface area contributed by atoms with E-state index in [1.54, 1.807) is 18.0 Å². The molecule has 142 valence electrons. The summed E-state index contributed by atoms with van der Waals surface area (Å²) in [6.07, 6.45) is 8.21. The highest BCUT2D eigenvalue weighted by atomic mass is 32.2. The molecule has 2 N–H and O–H groups in total. The lowest BCUT2D eigenvalue weighted by molar-refractivity contribution is 0.0698. The van der Waals surface area contributed by atoms with Crippen LogP contribution < -0.4 is 5.32 Å². The van der Waals surface area contributed by atoms with Gasteiger partial charge in [-0.3, -0.25) is 4.98 Å². The average molecular weight is 391 g/mol. The smallest absolute Gasteiger partial charge is 0.337 e. The van der Waals surface area contributed by atoms with Crippen molar-refractivity contribution < 1.29 is 9.90 Å². The zero-order chi connectivity index (χ0) is 19.3. The van der Waals surface area contributed by atoms with Crippen LogP contribution in [0.1, 0.15) is 40.2 Å². The minimum Gasteiger partial charge on any atom is -0.478 e. The van der Waals surface area contributed by atoms with Crippen molar-refractivity contribution in [3.8, 4) is 0 Å². The molecule has 28 heavy (non-hydrogen) atoms. The number of aromatic nitrogens is 2. The summed E-state index contributed by atoms with van der Waals surface area (Å²) in [4.78, 5) is 21.0. The van der Waals surface area contributed by atoms with Crippen molar-refractivity contribution >= 4 is 23.4 Å². The van der Waals surface area contributed by atoms with Gasteiger partial charge in [0.25, 0.3) is 0 Å². The third-order valence-electron chi connectivity index (χ3n) is 5.00. The third kappa shape index (κ3) is 4.17. The van der Waals surface area contributed by atoms with Crippen LogP contribution in [0, 0.1) is 0 Å². The molecule has 0 saturated carbocycles. The number of carboxylic acid groups (broad SMARTS) is 1. The number of fused-ring (bicyclic) bond motifs is 1. The Labute approximate surface area is 168 Å². The minimum atomic E-state index is -0.940. The van der Waals surface area contributed by atoms with Crippen molar-refractivity contribution in [3.05, 3.63) is 77.7 Å². The van der Waals surface area contributed by atoms with Crippen LogP contribution in [-0.4, -0.2) is 27.6 Å². The highest BCUT2D eigenvalue weighted by Crippen LogP contribution is 2.36. The van der Waals surface area contributed by atoms with Crippen LogP contribution in [0.4, 0.5) is 5.69 Å². The van der Waals surface area contributed by atoms with Crippen molar-refractivity contribution in [1.29, 1.82) is 0 Å². The predicted octanol–water partition coefficient (Wildman–Crippen LogP) is 4.86. The zero-order valence-corrected chi connectivity index (χ0v) is 16.2. The molecule has 3 aromatic rings. The fraction of sp³-hybridized carbons (Fsp3) is 0.227. The molecule has 1 aliphatic carbocycles. The van der Waals surface area contributed by atoms with Gasteiger partial charge in [-0.1, -0.05) is 23.9 Å². The van der Waals surface area contributed by atoms with Gasteiger partial charge in [0.05, 0.1) is 17.4 Å². The molecular weight excluding hydrogens is 370 g/mol. The quantitative estimate of drug-likeness (QED) is 0.625. The Balaban J connectivity index is 1.49. The summed E-state index contributed by atoms with van der Waals surface area (Å²) < 4.78 is 0. The summed E-state index contributed by atoms with van der Waals surface area (Å²) in [7, 11) is 0. The number of rotatable bonds is 6. The molecule has 0 radical (unpaired) electrons. The summed E-state index contributed by atoms with van der Waals surface area (Å²) in [5.41, 5.74) is 3.56. The first kappa shape index (κ1) is 18.5. The normalized spacial score (nSPS) is 15.6. The van der Waals surface area contributed by atoms with Crippen molar-refractivity contribution in [2.45, 2.75) is 35.1 Å². The Morgan fingerprint density at radius 2 is 2.14 bits per heavy atom. The van der Waals surface area contributed by atoms with Gasteiger partial charge < -0.3 is 10.4 Å². The van der Waals surface area contributed by atoms with E-state index in [1.807, 2.05) is 24.4 Å². The lowest BCUT2D eigenvalue weighted by Gasteiger charge is -2.27. The molecule has 1 atom stereocenters. The van der Waals surface area contributed by atoms with Crippen molar-refractivity contribution in [3.63, 3.8) is 0 Å². The van der Waals surface area contributed by atoms with Crippen LogP contribution >= 0.6 is 11.8 Å². The van der Waals surface area contributed by atoms with Gasteiger partial charge in [-0.15, -0.1) is 0 Å². The summed E-state index contributed by atoms with van der Waals surface area (Å²) in [5, 5.41) is 13.6. The molecular formula is C22H21N3O2S. The number of hydrogen-bond donors (Lipinski definition) is 2. The Hall–Kier alpha value is -2.86. The zero-order valence-electron chi connectivity index (χ0n) is 15.3. The number of aryl methyl sites for hydroxylation is 1. The molecule has 1 aliphatic rings. The minimum absolute atomic E-state index is 0.258. The van der Waals surface area contributed by atoms with E-state index in [0.717, 1.165) is 24.3 Å². The number of carboxylic acids is 1. The van der Waals surface area contributed by atoms with E-state index in [9.17, 15) is 9.90 Å². The Morgan fingerprint density at radius 1 is 1.21 bits per heavy atom. The number of anilines is 1. The number of aromatic carboxylic acids is 1. The third-order valence-corrected chi connectivity index (χ3v) is 5.94. The average Bonchev–Trinajstić information content (AvgIpc) is 2.73. The molecule has 6 heteroatoms. The van der Waals surface area contributed by atoms with E-state index < -0.39 is 5.97 Å². The first-order valence-electron chi connectivity index (χ1n) is 9.33. The number of benzene rings is 1. The molecule has 4 rings (SSSR count). The van der Waals surface area contributed by atoms with Crippen LogP contribution in [-0.2, 0) is 6.42 Å². The second-order valence-corrected chi connectivity index (χ2v) is 7.92. The van der Waals surface area contributed by atoms with Gasteiger partial charge in [-0.25, -0.2) is 9.78 Å². The molecule has 2 heterocycles. The van der Waals surface area contributed by atoms with Crippen LogP contribution in [0.2, 0.25) is 0 Å². The first-order valence-corrected chi connectivity index (χ1v) is 10.2. The van der Waals surface area contributed by atoms with Gasteiger partial charge in [0.15, 0.2) is 0 Å². The van der Waals surface area contributed by atoms with Gasteiger partial charge in [-0.05, 0) is 60.7 Å². The molecule has 0 aliphatic heterocycles. The van der Waals surface area contributed by atoms with Gasteiger partial charge in [0.2, 0.25) is 0 Å². The maximum Gasteiger partial charge on any atom is 0.337 e. The molecule has 5 nitrogen and oxygen atoms in total. The van der Waals surface area contributed by atoms with Crippen LogP contribution in [0.3, 0.4) is 0 Å². The first-order chi connectivity index (χ1) is 13.7. The lowest BCUT2D eigenvalue weighted by Crippen LogP contribution is -2.19. The molecule has 0 saturated heterocycles. The topological polar surface area (TPSA) is 75.1 Å². The maximum atomic E-state index is 11.4. The Kier molecular flexibility index (Phi) is 5.58. The molecule has 0 amide bonds. The van der Waals surface area contributed by atoms with E-state index in [-0.39, 0.29) is 5.56 Å². The van der Waals surface area contributed by atoms with Crippen molar-refractivity contribution in [2.75, 3.05) is 11.9 Å². The van der Waals surface area contributed by atoms with E-state index in [0.29, 0.717) is 18.2 Å². The van der Waals surface area contributed by atoms with Gasteiger partial charge in [0, 0.05) is 29.8 Å². The second-order valence-electron chi connectivity index (χ2n) is 6.83. The molecule has 1 aromatic carbocycles. The standard InChI is InChI=1S/C22H21N3O2S/c26-22(27)19-9-11-23-14-20(19)25-13-16-5-3-4-15-12-17(7-8-18(15)16)28-21-6-1-2-10-24-21/h1-2,6-12,14,16,25H,3-5,13H2,(H,26,27). The number of pyridine rings is 2. The van der Waals surface area contributed by atoms with Crippen LogP contribution in [0.25, 0.3) is 0 Å². The number of hydrogen-bond acceptors (Lipinski definition) is 5. The summed E-state index contributed by atoms with van der Waals surface area (Å²) in [5.74, 6) is -0.579. The maximum absolute atomic E-state index is 11.4. The van der Waals surface area contributed by atoms with E-state index in [4.69, 9.17) is 0 Å². The highest BCUT2D eigenvalue weighted by Gasteiger charge is 2.21. The van der Waals surface area contributed by atoms with Gasteiger partial charge in [-0.2, -0.15) is 0 Å². The Bertz CT molecular complexity index is 979. The van der Waals surface area contributed by atoms with Crippen LogP contribution in [0.15, 0.2) is 71.0 Å². The molecule has 0 bridgehead atoms. The molecule has 0 fully saturated rings. The number of nitrogens with zero attached hydrogens (tertiary/aromatic N) is 2. The van der Waals surface area contributed by atoms with E-state index >= 15 is 0 Å². The SMILES string of the molecule is O=C(O)c1ccncc1NCC1CCCc2cc(Sc3ccccn3)ccc21. The highest BCUT2D eigenvalue weighted by molar-refractivity contribution is 7.99. The summed E-state index contributed by atoms with van der Waals surface area (Å²) >= 11 is 1.68. The fourth-order valence-electron chi connectivity index (χ4n) is 3.65.